The van der Waals surface area contributed by atoms with Crippen LogP contribution in [0.5, 0.6) is 0 Å². The van der Waals surface area contributed by atoms with Crippen molar-refractivity contribution in [2.24, 2.45) is 0 Å². The number of thiophene rings is 1. The summed E-state index contributed by atoms with van der Waals surface area (Å²) in [6.45, 7) is 2.20. The molecule has 1 aromatic carbocycles. The fourth-order valence-corrected chi connectivity index (χ4v) is 2.19. The Bertz CT molecular complexity index is 373. The first-order valence-electron chi connectivity index (χ1n) is 4.53. The molecule has 0 fully saturated rings. The smallest absolute Gasteiger partial charge is 0.00488 e. The fraction of sp³-hybridized carbons (Fsp3) is 0.167. The largest absolute Gasteiger partial charge is 0.148 e. The minimum atomic E-state index is 1.14. The van der Waals surface area contributed by atoms with Crippen molar-refractivity contribution in [2.75, 3.05) is 0 Å². The molecule has 0 radical (unpaired) electrons. The zero-order valence-corrected chi connectivity index (χ0v) is 8.47. The Hall–Kier alpha value is -1.08. The minimum absolute atomic E-state index is 1.14. The van der Waals surface area contributed by atoms with E-state index in [1.807, 2.05) is 11.3 Å². The van der Waals surface area contributed by atoms with Crippen molar-refractivity contribution in [3.63, 3.8) is 0 Å². The molecular formula is C12H12S. The van der Waals surface area contributed by atoms with Gasteiger partial charge in [-0.1, -0.05) is 37.3 Å². The number of rotatable bonds is 2. The van der Waals surface area contributed by atoms with Crippen LogP contribution in [0, 0.1) is 0 Å². The van der Waals surface area contributed by atoms with Crippen molar-refractivity contribution >= 4 is 11.3 Å². The minimum Gasteiger partial charge on any atom is -0.148 e. The molecule has 0 bridgehead atoms. The molecule has 0 unspecified atom stereocenters. The van der Waals surface area contributed by atoms with Crippen LogP contribution in [0.1, 0.15) is 11.8 Å². The first-order valence-corrected chi connectivity index (χ1v) is 5.41. The number of hydrogen-bond acceptors (Lipinski definition) is 1. The van der Waals surface area contributed by atoms with Gasteiger partial charge in [-0.15, -0.1) is 11.3 Å². The van der Waals surface area contributed by atoms with Crippen molar-refractivity contribution in [3.8, 4) is 11.1 Å². The van der Waals surface area contributed by atoms with E-state index in [2.05, 4.69) is 48.7 Å². The van der Waals surface area contributed by atoms with Gasteiger partial charge in [0.15, 0.2) is 0 Å². The maximum atomic E-state index is 2.28. The summed E-state index contributed by atoms with van der Waals surface area (Å²) in [5.41, 5.74) is 2.67. The molecule has 0 spiro atoms. The lowest BCUT2D eigenvalue weighted by atomic mass is 10.1. The molecule has 66 valence electrons. The molecule has 0 atom stereocenters. The topological polar surface area (TPSA) is 0 Å². The van der Waals surface area contributed by atoms with Gasteiger partial charge in [0.1, 0.15) is 0 Å². The summed E-state index contributed by atoms with van der Waals surface area (Å²) >= 11 is 1.84. The van der Waals surface area contributed by atoms with Crippen LogP contribution in [0.15, 0.2) is 41.8 Å². The highest BCUT2D eigenvalue weighted by atomic mass is 32.1. The quantitative estimate of drug-likeness (QED) is 0.668. The summed E-state index contributed by atoms with van der Waals surface area (Å²) in [4.78, 5) is 1.46. The predicted octanol–water partition coefficient (Wildman–Crippen LogP) is 3.98. The lowest BCUT2D eigenvalue weighted by molar-refractivity contribution is 1.19. The van der Waals surface area contributed by atoms with Crippen LogP contribution in [-0.2, 0) is 6.42 Å². The van der Waals surface area contributed by atoms with Gasteiger partial charge < -0.3 is 0 Å². The normalized spacial score (nSPS) is 10.2. The monoisotopic (exact) mass is 188 g/mol. The molecule has 0 nitrogen and oxygen atoms in total. The number of hydrogen-bond donors (Lipinski definition) is 0. The molecule has 0 saturated carbocycles. The van der Waals surface area contributed by atoms with Crippen molar-refractivity contribution in [1.82, 2.24) is 0 Å². The van der Waals surface area contributed by atoms with Crippen molar-refractivity contribution in [3.05, 3.63) is 46.7 Å². The lowest BCUT2D eigenvalue weighted by Gasteiger charge is -1.94. The number of benzene rings is 1. The summed E-state index contributed by atoms with van der Waals surface area (Å²) in [5, 5.41) is 2.23. The highest BCUT2D eigenvalue weighted by Crippen LogP contribution is 2.25. The third-order valence-electron chi connectivity index (χ3n) is 2.11. The molecular weight excluding hydrogens is 176 g/mol. The zero-order valence-electron chi connectivity index (χ0n) is 7.66. The summed E-state index contributed by atoms with van der Waals surface area (Å²) in [6.07, 6.45) is 1.14. The molecule has 0 saturated heterocycles. The molecule has 0 aliphatic rings. The van der Waals surface area contributed by atoms with Gasteiger partial charge in [-0.3, -0.25) is 0 Å². The van der Waals surface area contributed by atoms with Gasteiger partial charge in [0.05, 0.1) is 0 Å². The molecule has 13 heavy (non-hydrogen) atoms. The first kappa shape index (κ1) is 8.52. The predicted molar refractivity (Wildman–Crippen MR) is 59.1 cm³/mol. The average molecular weight is 188 g/mol. The van der Waals surface area contributed by atoms with E-state index in [4.69, 9.17) is 0 Å². The van der Waals surface area contributed by atoms with E-state index in [0.29, 0.717) is 0 Å². The second kappa shape index (κ2) is 3.75. The van der Waals surface area contributed by atoms with Crippen LogP contribution in [0.3, 0.4) is 0 Å². The van der Waals surface area contributed by atoms with Crippen LogP contribution in [0.25, 0.3) is 11.1 Å². The van der Waals surface area contributed by atoms with Gasteiger partial charge >= 0.3 is 0 Å². The Morgan fingerprint density at radius 2 is 1.85 bits per heavy atom. The van der Waals surface area contributed by atoms with Crippen molar-refractivity contribution < 1.29 is 0 Å². The molecule has 1 heteroatoms. The molecule has 0 aliphatic heterocycles. The SMILES string of the molecule is CCc1cc(-c2ccccc2)cs1. The van der Waals surface area contributed by atoms with Crippen LogP contribution >= 0.6 is 11.3 Å². The van der Waals surface area contributed by atoms with Crippen molar-refractivity contribution in [2.45, 2.75) is 13.3 Å². The third kappa shape index (κ3) is 1.81. The first-order chi connectivity index (χ1) is 6.40. The Kier molecular flexibility index (Phi) is 2.46. The van der Waals surface area contributed by atoms with E-state index in [1.165, 1.54) is 16.0 Å². The summed E-state index contributed by atoms with van der Waals surface area (Å²) in [6, 6.07) is 12.8. The summed E-state index contributed by atoms with van der Waals surface area (Å²) in [7, 11) is 0. The van der Waals surface area contributed by atoms with Gasteiger partial charge in [0, 0.05) is 4.88 Å². The molecule has 1 aromatic heterocycles. The second-order valence-corrected chi connectivity index (χ2v) is 4.02. The zero-order chi connectivity index (χ0) is 9.10. The molecule has 2 rings (SSSR count). The lowest BCUT2D eigenvalue weighted by Crippen LogP contribution is -1.71. The van der Waals surface area contributed by atoms with Crippen LogP contribution < -0.4 is 0 Å². The molecule has 0 amide bonds. The van der Waals surface area contributed by atoms with E-state index in [1.54, 1.807) is 0 Å². The molecule has 1 heterocycles. The van der Waals surface area contributed by atoms with Crippen molar-refractivity contribution in [1.29, 1.82) is 0 Å². The van der Waals surface area contributed by atoms with E-state index in [0.717, 1.165) is 6.42 Å². The van der Waals surface area contributed by atoms with Gasteiger partial charge in [-0.05, 0) is 29.0 Å². The standard InChI is InChI=1S/C12H12S/c1-2-12-8-11(9-13-12)10-6-4-3-5-7-10/h3-9H,2H2,1H3. The summed E-state index contributed by atoms with van der Waals surface area (Å²) < 4.78 is 0. The molecule has 2 aromatic rings. The third-order valence-corrected chi connectivity index (χ3v) is 3.19. The van der Waals surface area contributed by atoms with E-state index >= 15 is 0 Å². The fourth-order valence-electron chi connectivity index (χ4n) is 1.35. The van der Waals surface area contributed by atoms with Crippen LogP contribution in [-0.4, -0.2) is 0 Å². The van der Waals surface area contributed by atoms with Crippen LogP contribution in [0.4, 0.5) is 0 Å². The second-order valence-electron chi connectivity index (χ2n) is 3.02. The Morgan fingerprint density at radius 3 is 2.46 bits per heavy atom. The maximum Gasteiger partial charge on any atom is 0.00488 e. The number of aryl methyl sites for hydroxylation is 1. The molecule has 0 N–H and O–H groups in total. The van der Waals surface area contributed by atoms with E-state index in [9.17, 15) is 0 Å². The van der Waals surface area contributed by atoms with Crippen LogP contribution in [0.2, 0.25) is 0 Å². The Morgan fingerprint density at radius 1 is 1.08 bits per heavy atom. The average Bonchev–Trinajstić information content (AvgIpc) is 2.67. The van der Waals surface area contributed by atoms with Gasteiger partial charge in [0.25, 0.3) is 0 Å². The highest BCUT2D eigenvalue weighted by molar-refractivity contribution is 7.10. The molecule has 0 aliphatic carbocycles. The van der Waals surface area contributed by atoms with Gasteiger partial charge in [-0.25, -0.2) is 0 Å². The van der Waals surface area contributed by atoms with Gasteiger partial charge in [0.2, 0.25) is 0 Å². The Labute approximate surface area is 82.9 Å². The van der Waals surface area contributed by atoms with E-state index < -0.39 is 0 Å². The van der Waals surface area contributed by atoms with Gasteiger partial charge in [-0.2, -0.15) is 0 Å². The maximum absolute atomic E-state index is 2.28. The Balaban J connectivity index is 2.36. The van der Waals surface area contributed by atoms with E-state index in [-0.39, 0.29) is 0 Å². The highest BCUT2D eigenvalue weighted by Gasteiger charge is 1.99. The summed E-state index contributed by atoms with van der Waals surface area (Å²) in [5.74, 6) is 0.